The zero-order valence-corrected chi connectivity index (χ0v) is 14.5. The van der Waals surface area contributed by atoms with Gasteiger partial charge in [-0.1, -0.05) is 0 Å². The van der Waals surface area contributed by atoms with Crippen LogP contribution in [-0.4, -0.2) is 47.6 Å². The molecule has 0 saturated carbocycles. The van der Waals surface area contributed by atoms with Crippen LogP contribution in [0, 0.1) is 0 Å². The molecule has 1 aromatic rings. The number of nitrogens with zero attached hydrogens (tertiary/aromatic N) is 1. The maximum Gasteiger partial charge on any atom is 0.244 e. The van der Waals surface area contributed by atoms with Crippen LogP contribution >= 0.6 is 15.9 Å². The number of furan rings is 1. The molecule has 8 heteroatoms. The first-order valence-electron chi connectivity index (χ1n) is 6.44. The van der Waals surface area contributed by atoms with E-state index in [1.54, 1.807) is 7.05 Å². The molecule has 116 valence electrons. The second kappa shape index (κ2) is 8.14. The molecule has 0 radical (unpaired) electrons. The van der Waals surface area contributed by atoms with Gasteiger partial charge in [0.1, 0.15) is 10.7 Å². The van der Waals surface area contributed by atoms with E-state index in [0.29, 0.717) is 18.8 Å². The Morgan fingerprint density at radius 2 is 2.05 bits per heavy atom. The Labute approximate surface area is 129 Å². The molecule has 1 rings (SSSR count). The Hall–Kier alpha value is -0.410. The van der Waals surface area contributed by atoms with Gasteiger partial charge in [0.25, 0.3) is 0 Å². The van der Waals surface area contributed by atoms with Crippen LogP contribution in [0.15, 0.2) is 20.0 Å². The third kappa shape index (κ3) is 5.53. The molecule has 0 aliphatic heterocycles. The molecule has 20 heavy (non-hydrogen) atoms. The molecule has 6 nitrogen and oxygen atoms in total. The fraction of sp³-hybridized carbons (Fsp3) is 0.667. The predicted octanol–water partition coefficient (Wildman–Crippen LogP) is 1.38. The molecule has 2 N–H and O–H groups in total. The first kappa shape index (κ1) is 17.6. The Bertz CT molecular complexity index is 514. The second-order valence-corrected chi connectivity index (χ2v) is 7.24. The van der Waals surface area contributed by atoms with Gasteiger partial charge in [-0.2, -0.15) is 0 Å². The van der Waals surface area contributed by atoms with Crippen molar-refractivity contribution in [2.75, 3.05) is 34.2 Å². The Kier molecular flexibility index (Phi) is 7.18. The molecule has 0 unspecified atom stereocenters. The summed E-state index contributed by atoms with van der Waals surface area (Å²) in [6, 6.07) is 1.53. The van der Waals surface area contributed by atoms with Crippen molar-refractivity contribution in [3.63, 3.8) is 0 Å². The van der Waals surface area contributed by atoms with Gasteiger partial charge < -0.3 is 14.6 Å². The van der Waals surface area contributed by atoms with Crippen molar-refractivity contribution < 1.29 is 12.8 Å². The lowest BCUT2D eigenvalue weighted by Crippen LogP contribution is -2.25. The van der Waals surface area contributed by atoms with Crippen molar-refractivity contribution in [3.05, 3.63) is 16.5 Å². The van der Waals surface area contributed by atoms with Crippen molar-refractivity contribution >= 4 is 26.0 Å². The van der Waals surface area contributed by atoms with E-state index in [4.69, 9.17) is 4.42 Å². The van der Waals surface area contributed by atoms with Crippen molar-refractivity contribution in [1.82, 2.24) is 14.9 Å². The molecule has 0 aliphatic carbocycles. The van der Waals surface area contributed by atoms with Crippen molar-refractivity contribution in [2.45, 2.75) is 24.3 Å². The minimum absolute atomic E-state index is 0.148. The number of halogens is 1. The highest BCUT2D eigenvalue weighted by Gasteiger charge is 2.21. The van der Waals surface area contributed by atoms with Gasteiger partial charge >= 0.3 is 0 Å². The summed E-state index contributed by atoms with van der Waals surface area (Å²) in [5, 5.41) is 2.91. The maximum atomic E-state index is 12.1. The summed E-state index contributed by atoms with van der Waals surface area (Å²) in [5.74, 6) is 0.576. The number of hydrogen-bond acceptors (Lipinski definition) is 5. The zero-order chi connectivity index (χ0) is 15.2. The molecule has 1 heterocycles. The van der Waals surface area contributed by atoms with E-state index < -0.39 is 10.0 Å². The van der Waals surface area contributed by atoms with Crippen LogP contribution in [0.5, 0.6) is 0 Å². The van der Waals surface area contributed by atoms with Gasteiger partial charge in [-0.3, -0.25) is 0 Å². The van der Waals surface area contributed by atoms with E-state index in [-0.39, 0.29) is 9.56 Å². The third-order valence-corrected chi connectivity index (χ3v) is 4.99. The van der Waals surface area contributed by atoms with E-state index >= 15 is 0 Å². The minimum Gasteiger partial charge on any atom is -0.452 e. The lowest BCUT2D eigenvalue weighted by atomic mass is 10.3. The third-order valence-electron chi connectivity index (χ3n) is 2.67. The number of rotatable bonds is 9. The highest BCUT2D eigenvalue weighted by Crippen LogP contribution is 2.25. The average molecular weight is 368 g/mol. The normalized spacial score (nSPS) is 12.2. The topological polar surface area (TPSA) is 74.6 Å². The molecule has 0 bridgehead atoms. The van der Waals surface area contributed by atoms with Crippen LogP contribution in [0.3, 0.4) is 0 Å². The predicted molar refractivity (Wildman–Crippen MR) is 82.1 cm³/mol. The summed E-state index contributed by atoms with van der Waals surface area (Å²) in [5.41, 5.74) is 0. The summed E-state index contributed by atoms with van der Waals surface area (Å²) < 4.78 is 32.4. The highest BCUT2D eigenvalue weighted by atomic mass is 79.9. The SMILES string of the molecule is CNCc1cc(S(=O)(=O)NCCCCN(C)C)c(Br)o1. The number of unbranched alkanes of at least 4 members (excludes halogenated alkanes) is 1. The lowest BCUT2D eigenvalue weighted by Gasteiger charge is -2.09. The van der Waals surface area contributed by atoms with Crippen LogP contribution in [0.2, 0.25) is 0 Å². The van der Waals surface area contributed by atoms with E-state index in [0.717, 1.165) is 19.4 Å². The van der Waals surface area contributed by atoms with Gasteiger partial charge in [-0.25, -0.2) is 13.1 Å². The van der Waals surface area contributed by atoms with Crippen molar-refractivity contribution in [2.24, 2.45) is 0 Å². The Balaban J connectivity index is 2.55. The number of nitrogens with one attached hydrogen (secondary N) is 2. The summed E-state index contributed by atoms with van der Waals surface area (Å²) in [4.78, 5) is 2.22. The smallest absolute Gasteiger partial charge is 0.244 e. The Morgan fingerprint density at radius 1 is 1.35 bits per heavy atom. The highest BCUT2D eigenvalue weighted by molar-refractivity contribution is 9.10. The average Bonchev–Trinajstić information content (AvgIpc) is 2.70. The molecule has 1 aromatic heterocycles. The molecule has 0 fully saturated rings. The molecule has 0 spiro atoms. The Morgan fingerprint density at radius 3 is 2.65 bits per heavy atom. The molecule has 0 atom stereocenters. The van der Waals surface area contributed by atoms with Crippen LogP contribution in [0.25, 0.3) is 0 Å². The summed E-state index contributed by atoms with van der Waals surface area (Å²) in [6.07, 6.45) is 1.75. The molecular weight excluding hydrogens is 346 g/mol. The minimum atomic E-state index is -3.52. The van der Waals surface area contributed by atoms with E-state index in [1.165, 1.54) is 6.07 Å². The standard InChI is InChI=1S/C12H22BrN3O3S/c1-14-9-10-8-11(12(13)19-10)20(17,18)15-6-4-5-7-16(2)3/h8,14-15H,4-7,9H2,1-3H3. The van der Waals surface area contributed by atoms with Crippen LogP contribution < -0.4 is 10.0 Å². The van der Waals surface area contributed by atoms with Crippen molar-refractivity contribution in [1.29, 1.82) is 0 Å². The van der Waals surface area contributed by atoms with Crippen molar-refractivity contribution in [3.8, 4) is 0 Å². The van der Waals surface area contributed by atoms with E-state index in [2.05, 4.69) is 30.9 Å². The second-order valence-electron chi connectivity index (χ2n) is 4.79. The summed E-state index contributed by atoms with van der Waals surface area (Å²) >= 11 is 3.14. The monoisotopic (exact) mass is 367 g/mol. The molecule has 0 saturated heterocycles. The van der Waals surface area contributed by atoms with Gasteiger partial charge in [0.2, 0.25) is 10.0 Å². The molecular formula is C12H22BrN3O3S. The van der Waals surface area contributed by atoms with Gasteiger partial charge in [-0.05, 0) is 56.5 Å². The fourth-order valence-electron chi connectivity index (χ4n) is 1.68. The largest absolute Gasteiger partial charge is 0.452 e. The maximum absolute atomic E-state index is 12.1. The zero-order valence-electron chi connectivity index (χ0n) is 12.1. The van der Waals surface area contributed by atoms with Gasteiger partial charge in [0.15, 0.2) is 4.67 Å². The van der Waals surface area contributed by atoms with Gasteiger partial charge in [-0.15, -0.1) is 0 Å². The van der Waals surface area contributed by atoms with Crippen LogP contribution in [-0.2, 0) is 16.6 Å². The summed E-state index contributed by atoms with van der Waals surface area (Å²) in [6.45, 7) is 1.86. The first-order chi connectivity index (χ1) is 9.36. The van der Waals surface area contributed by atoms with Gasteiger partial charge in [0.05, 0.1) is 6.54 Å². The van der Waals surface area contributed by atoms with Crippen LogP contribution in [0.4, 0.5) is 0 Å². The molecule has 0 aromatic carbocycles. The number of hydrogen-bond donors (Lipinski definition) is 2. The number of sulfonamides is 1. The fourth-order valence-corrected chi connectivity index (χ4v) is 3.75. The molecule has 0 aliphatic rings. The van der Waals surface area contributed by atoms with E-state index in [9.17, 15) is 8.42 Å². The summed E-state index contributed by atoms with van der Waals surface area (Å²) in [7, 11) is 2.24. The lowest BCUT2D eigenvalue weighted by molar-refractivity contribution is 0.394. The molecule has 0 amide bonds. The van der Waals surface area contributed by atoms with E-state index in [1.807, 2.05) is 14.1 Å². The quantitative estimate of drug-likeness (QED) is 0.645. The van der Waals surface area contributed by atoms with Crippen LogP contribution in [0.1, 0.15) is 18.6 Å². The first-order valence-corrected chi connectivity index (χ1v) is 8.71. The van der Waals surface area contributed by atoms with Gasteiger partial charge in [0, 0.05) is 12.6 Å².